The van der Waals surface area contributed by atoms with Crippen molar-refractivity contribution in [2.75, 3.05) is 6.61 Å². The van der Waals surface area contributed by atoms with Gasteiger partial charge < -0.3 is 13.7 Å². The number of hydrogen-bond donors (Lipinski definition) is 0. The van der Waals surface area contributed by atoms with Crippen molar-refractivity contribution >= 4 is 28.6 Å². The van der Waals surface area contributed by atoms with Crippen molar-refractivity contribution < 1.29 is 18.7 Å². The maximum absolute atomic E-state index is 13.6. The van der Waals surface area contributed by atoms with Crippen LogP contribution in [0.4, 0.5) is 0 Å². The molecule has 0 saturated heterocycles. The molecule has 4 aromatic heterocycles. The zero-order valence-electron chi connectivity index (χ0n) is 21.0. The van der Waals surface area contributed by atoms with Crippen LogP contribution in [0.15, 0.2) is 93.4 Å². The maximum Gasteiger partial charge on any atom is 0.341 e. The van der Waals surface area contributed by atoms with E-state index < -0.39 is 17.8 Å². The Kier molecular flexibility index (Phi) is 6.99. The maximum atomic E-state index is 13.6. The number of ether oxygens (including phenoxy) is 1. The van der Waals surface area contributed by atoms with E-state index in [1.807, 2.05) is 37.3 Å². The van der Waals surface area contributed by atoms with Gasteiger partial charge in [-0.25, -0.2) is 9.78 Å². The fourth-order valence-electron chi connectivity index (χ4n) is 4.49. The van der Waals surface area contributed by atoms with E-state index in [1.54, 1.807) is 48.0 Å². The van der Waals surface area contributed by atoms with Crippen LogP contribution in [0.1, 0.15) is 47.9 Å². The predicted octanol–water partition coefficient (Wildman–Crippen LogP) is 4.09. The minimum Gasteiger partial charge on any atom is -0.467 e. The molecule has 38 heavy (non-hydrogen) atoms. The van der Waals surface area contributed by atoms with Crippen LogP contribution in [0, 0.1) is 0 Å². The van der Waals surface area contributed by atoms with Gasteiger partial charge in [0.2, 0.25) is 0 Å². The Morgan fingerprint density at radius 2 is 1.84 bits per heavy atom. The summed E-state index contributed by atoms with van der Waals surface area (Å²) in [6.07, 6.45) is 3.64. The lowest BCUT2D eigenvalue weighted by atomic mass is 9.96. The van der Waals surface area contributed by atoms with Crippen molar-refractivity contribution in [2.24, 2.45) is 4.99 Å². The lowest BCUT2D eigenvalue weighted by Crippen LogP contribution is -2.33. The van der Waals surface area contributed by atoms with E-state index in [0.29, 0.717) is 17.8 Å². The number of pyridine rings is 2. The van der Waals surface area contributed by atoms with E-state index >= 15 is 0 Å². The first-order chi connectivity index (χ1) is 18.5. The molecule has 0 aliphatic rings. The monoisotopic (exact) mass is 510 g/mol. The number of carbonyl (C=O) groups is 2. The topological polar surface area (TPSA) is 108 Å². The van der Waals surface area contributed by atoms with Gasteiger partial charge in [-0.05, 0) is 49.2 Å². The summed E-state index contributed by atoms with van der Waals surface area (Å²) in [6, 6.07) is 19.5. The molecule has 0 N–H and O–H groups in total. The molecule has 1 aromatic carbocycles. The number of esters is 1. The molecule has 0 saturated carbocycles. The van der Waals surface area contributed by atoms with E-state index in [1.165, 1.54) is 16.7 Å². The van der Waals surface area contributed by atoms with Gasteiger partial charge in [0.1, 0.15) is 22.6 Å². The number of aromatic nitrogens is 3. The molecule has 192 valence electrons. The van der Waals surface area contributed by atoms with E-state index in [-0.39, 0.29) is 40.8 Å². The molecule has 4 heterocycles. The van der Waals surface area contributed by atoms with Gasteiger partial charge in [-0.1, -0.05) is 43.3 Å². The van der Waals surface area contributed by atoms with Crippen LogP contribution in [0.25, 0.3) is 16.7 Å². The van der Waals surface area contributed by atoms with Gasteiger partial charge in [0.15, 0.2) is 5.49 Å². The third kappa shape index (κ3) is 4.66. The summed E-state index contributed by atoms with van der Waals surface area (Å²) < 4.78 is 13.9. The fourth-order valence-corrected chi connectivity index (χ4v) is 4.49. The molecule has 5 rings (SSSR count). The van der Waals surface area contributed by atoms with Crippen molar-refractivity contribution in [1.29, 1.82) is 0 Å². The van der Waals surface area contributed by atoms with Gasteiger partial charge in [-0.2, -0.15) is 4.99 Å². The Balaban J connectivity index is 1.86. The van der Waals surface area contributed by atoms with E-state index in [0.717, 1.165) is 5.56 Å². The summed E-state index contributed by atoms with van der Waals surface area (Å²) in [7, 11) is 0. The van der Waals surface area contributed by atoms with E-state index in [9.17, 15) is 14.4 Å². The number of hydrogen-bond acceptors (Lipinski definition) is 6. The van der Waals surface area contributed by atoms with E-state index in [4.69, 9.17) is 14.1 Å². The van der Waals surface area contributed by atoms with Crippen molar-refractivity contribution in [2.45, 2.75) is 32.7 Å². The lowest BCUT2D eigenvalue weighted by molar-refractivity contribution is -0.119. The van der Waals surface area contributed by atoms with Crippen LogP contribution in [0.5, 0.6) is 0 Å². The van der Waals surface area contributed by atoms with Crippen LogP contribution in [0.3, 0.4) is 0 Å². The first-order valence-corrected chi connectivity index (χ1v) is 12.4. The number of nitrogens with zero attached hydrogens (tertiary/aromatic N) is 4. The standard InChI is InChI=1S/C29H26N4O5/c1-3-21(19-11-6-5-7-12-19)27(34)31-26-23(29(36)37-4-2)17-22-25(33(26)18-20-13-10-16-38-20)30-24-14-8-9-15-32(24)28(22)35/h5-17,21H,3-4,18H2,1-2H3. The Morgan fingerprint density at radius 1 is 1.05 bits per heavy atom. The first kappa shape index (κ1) is 24.9. The second kappa shape index (κ2) is 10.7. The van der Waals surface area contributed by atoms with Crippen molar-refractivity contribution in [3.05, 3.63) is 112 Å². The number of carbonyl (C=O) groups excluding carboxylic acids is 2. The third-order valence-corrected chi connectivity index (χ3v) is 6.30. The Hall–Kier alpha value is -4.79. The molecule has 0 fully saturated rings. The number of benzene rings is 1. The molecular weight excluding hydrogens is 484 g/mol. The quantitative estimate of drug-likeness (QED) is 0.241. The second-order valence-corrected chi connectivity index (χ2v) is 8.67. The zero-order chi connectivity index (χ0) is 26.6. The highest BCUT2D eigenvalue weighted by atomic mass is 16.5. The van der Waals surface area contributed by atoms with Gasteiger partial charge in [0.05, 0.1) is 30.7 Å². The average molecular weight is 511 g/mol. The molecule has 0 radical (unpaired) electrons. The van der Waals surface area contributed by atoms with Crippen LogP contribution < -0.4 is 11.0 Å². The highest BCUT2D eigenvalue weighted by Gasteiger charge is 2.23. The molecule has 1 unspecified atom stereocenters. The first-order valence-electron chi connectivity index (χ1n) is 12.4. The van der Waals surface area contributed by atoms with E-state index in [2.05, 4.69) is 4.99 Å². The van der Waals surface area contributed by atoms with Crippen LogP contribution >= 0.6 is 0 Å². The van der Waals surface area contributed by atoms with Gasteiger partial charge in [-0.15, -0.1) is 0 Å². The molecule has 0 spiro atoms. The summed E-state index contributed by atoms with van der Waals surface area (Å²) in [5.74, 6) is -1.10. The second-order valence-electron chi connectivity index (χ2n) is 8.67. The van der Waals surface area contributed by atoms with Crippen LogP contribution in [-0.4, -0.2) is 32.4 Å². The lowest BCUT2D eigenvalue weighted by Gasteiger charge is -2.16. The van der Waals surface area contributed by atoms with Gasteiger partial charge >= 0.3 is 5.97 Å². The highest BCUT2D eigenvalue weighted by molar-refractivity contribution is 5.94. The molecule has 0 bridgehead atoms. The van der Waals surface area contributed by atoms with Crippen molar-refractivity contribution in [3.8, 4) is 0 Å². The van der Waals surface area contributed by atoms with Gasteiger partial charge in [-0.3, -0.25) is 14.0 Å². The SMILES string of the molecule is CCOC(=O)c1cc2c(=O)n3ccccc3nc2n(Cc2ccco2)c1=NC(=O)C(CC)c1ccccc1. The third-order valence-electron chi connectivity index (χ3n) is 6.30. The number of rotatable bonds is 7. The molecular formula is C29H26N4O5. The summed E-state index contributed by atoms with van der Waals surface area (Å²) in [6.45, 7) is 3.78. The Bertz CT molecular complexity index is 1750. The molecule has 1 atom stereocenters. The highest BCUT2D eigenvalue weighted by Crippen LogP contribution is 2.21. The Morgan fingerprint density at radius 3 is 2.55 bits per heavy atom. The fraction of sp³-hybridized carbons (Fsp3) is 0.207. The van der Waals surface area contributed by atoms with Crippen LogP contribution in [0.2, 0.25) is 0 Å². The molecule has 0 aliphatic carbocycles. The Labute approximate surface area is 217 Å². The largest absolute Gasteiger partial charge is 0.467 e. The minimum absolute atomic E-state index is 0.00282. The molecule has 1 amide bonds. The van der Waals surface area contributed by atoms with Gasteiger partial charge in [0.25, 0.3) is 11.5 Å². The number of amides is 1. The van der Waals surface area contributed by atoms with Crippen LogP contribution in [-0.2, 0) is 16.1 Å². The molecule has 9 heteroatoms. The van der Waals surface area contributed by atoms with Gasteiger partial charge in [0, 0.05) is 6.20 Å². The predicted molar refractivity (Wildman–Crippen MR) is 141 cm³/mol. The van der Waals surface area contributed by atoms with Crippen molar-refractivity contribution in [3.63, 3.8) is 0 Å². The molecule has 0 aliphatic heterocycles. The molecule has 5 aromatic rings. The normalized spacial score (nSPS) is 12.6. The summed E-state index contributed by atoms with van der Waals surface area (Å²) in [5.41, 5.74) is 1.19. The zero-order valence-corrected chi connectivity index (χ0v) is 21.0. The average Bonchev–Trinajstić information content (AvgIpc) is 3.45. The number of furan rings is 1. The van der Waals surface area contributed by atoms with Crippen molar-refractivity contribution in [1.82, 2.24) is 14.0 Å². The summed E-state index contributed by atoms with van der Waals surface area (Å²) >= 11 is 0. The summed E-state index contributed by atoms with van der Waals surface area (Å²) in [4.78, 5) is 49.5. The number of fused-ring (bicyclic) bond motifs is 2. The smallest absolute Gasteiger partial charge is 0.341 e. The molecule has 9 nitrogen and oxygen atoms in total. The summed E-state index contributed by atoms with van der Waals surface area (Å²) in [5, 5.41) is 0.185. The minimum atomic E-state index is -0.695.